The Kier molecular flexibility index (Phi) is 3.84. The summed E-state index contributed by atoms with van der Waals surface area (Å²) in [6.07, 6.45) is 1.99. The average molecular weight is 302 g/mol. The summed E-state index contributed by atoms with van der Waals surface area (Å²) < 4.78 is 2.80. The minimum Gasteiger partial charge on any atom is -0.275 e. The normalized spacial score (nSPS) is 10.9. The van der Waals surface area contributed by atoms with E-state index in [-0.39, 0.29) is 0 Å². The molecule has 3 aromatic rings. The summed E-state index contributed by atoms with van der Waals surface area (Å²) in [7, 11) is 1.92. The van der Waals surface area contributed by atoms with Crippen LogP contribution in [0.3, 0.4) is 0 Å². The Morgan fingerprint density at radius 3 is 2.70 bits per heavy atom. The van der Waals surface area contributed by atoms with Gasteiger partial charge in [0.1, 0.15) is 0 Å². The molecule has 1 aromatic carbocycles. The molecule has 0 aliphatic rings. The minimum atomic E-state index is 0.918. The highest BCUT2D eigenvalue weighted by molar-refractivity contribution is 8.00. The summed E-state index contributed by atoms with van der Waals surface area (Å²) in [6.45, 7) is 1.99. The lowest BCUT2D eigenvalue weighted by molar-refractivity contribution is 0.756. The lowest BCUT2D eigenvalue weighted by atomic mass is 10.2. The van der Waals surface area contributed by atoms with Crippen LogP contribution in [0, 0.1) is 6.92 Å². The molecule has 2 aromatic heterocycles. The van der Waals surface area contributed by atoms with Crippen molar-refractivity contribution in [2.45, 2.75) is 17.0 Å². The van der Waals surface area contributed by atoms with Gasteiger partial charge in [0, 0.05) is 19.0 Å². The highest BCUT2D eigenvalue weighted by Crippen LogP contribution is 2.32. The fourth-order valence-corrected chi connectivity index (χ4v) is 3.78. The fraction of sp³-hybridized carbons (Fsp3) is 0.214. The van der Waals surface area contributed by atoms with Gasteiger partial charge in [-0.15, -0.1) is 10.2 Å². The number of nitrogens with zero attached hydrogens (tertiary/aromatic N) is 4. The number of rotatable bonds is 4. The molecule has 0 amide bonds. The van der Waals surface area contributed by atoms with Crippen LogP contribution >= 0.6 is 23.1 Å². The van der Waals surface area contributed by atoms with E-state index in [1.165, 1.54) is 5.56 Å². The van der Waals surface area contributed by atoms with Crippen LogP contribution in [0.25, 0.3) is 10.6 Å². The fourth-order valence-electron chi connectivity index (χ4n) is 1.91. The van der Waals surface area contributed by atoms with Crippen molar-refractivity contribution in [2.24, 2.45) is 7.05 Å². The van der Waals surface area contributed by atoms with Crippen LogP contribution < -0.4 is 0 Å². The first-order chi connectivity index (χ1) is 9.72. The second kappa shape index (κ2) is 5.76. The highest BCUT2D eigenvalue weighted by atomic mass is 32.2. The predicted molar refractivity (Wildman–Crippen MR) is 82.9 cm³/mol. The van der Waals surface area contributed by atoms with Gasteiger partial charge in [0.05, 0.1) is 11.3 Å². The standard InChI is InChI=1S/C14H14N4S2/c1-10-12(8-18(2)17-10)13-15-16-14(20-13)19-9-11-6-4-3-5-7-11/h3-8H,9H2,1-2H3. The highest BCUT2D eigenvalue weighted by Gasteiger charge is 2.12. The summed E-state index contributed by atoms with van der Waals surface area (Å²) in [5.74, 6) is 0.918. The molecular weight excluding hydrogens is 288 g/mol. The molecule has 0 saturated carbocycles. The van der Waals surface area contributed by atoms with E-state index < -0.39 is 0 Å². The number of aromatic nitrogens is 4. The molecule has 4 nitrogen and oxygen atoms in total. The molecule has 3 rings (SSSR count). The van der Waals surface area contributed by atoms with Crippen LogP contribution in [-0.2, 0) is 12.8 Å². The summed E-state index contributed by atoms with van der Waals surface area (Å²) in [5, 5.41) is 13.8. The van der Waals surface area contributed by atoms with E-state index in [9.17, 15) is 0 Å². The summed E-state index contributed by atoms with van der Waals surface area (Å²) in [5.41, 5.74) is 3.35. The number of aryl methyl sites for hydroxylation is 2. The van der Waals surface area contributed by atoms with Crippen molar-refractivity contribution in [3.63, 3.8) is 0 Å². The quantitative estimate of drug-likeness (QED) is 0.691. The molecule has 6 heteroatoms. The Morgan fingerprint density at radius 2 is 2.00 bits per heavy atom. The Hall–Kier alpha value is -1.66. The summed E-state index contributed by atoms with van der Waals surface area (Å²) >= 11 is 3.34. The molecule has 0 N–H and O–H groups in total. The third-order valence-corrected chi connectivity index (χ3v) is 5.02. The number of hydrogen-bond acceptors (Lipinski definition) is 5. The monoisotopic (exact) mass is 302 g/mol. The van der Waals surface area contributed by atoms with Gasteiger partial charge < -0.3 is 0 Å². The predicted octanol–water partition coefficient (Wildman–Crippen LogP) is 3.54. The van der Waals surface area contributed by atoms with Crippen molar-refractivity contribution in [3.8, 4) is 10.6 Å². The van der Waals surface area contributed by atoms with Crippen LogP contribution in [0.4, 0.5) is 0 Å². The van der Waals surface area contributed by atoms with Crippen molar-refractivity contribution in [1.82, 2.24) is 20.0 Å². The second-order valence-electron chi connectivity index (χ2n) is 4.45. The molecule has 0 saturated heterocycles. The van der Waals surface area contributed by atoms with Gasteiger partial charge in [-0.25, -0.2) is 0 Å². The van der Waals surface area contributed by atoms with Gasteiger partial charge in [0.15, 0.2) is 9.35 Å². The van der Waals surface area contributed by atoms with Gasteiger partial charge in [-0.05, 0) is 12.5 Å². The average Bonchev–Trinajstić information content (AvgIpc) is 3.04. The largest absolute Gasteiger partial charge is 0.275 e. The first-order valence-electron chi connectivity index (χ1n) is 6.23. The smallest absolute Gasteiger partial charge is 0.174 e. The molecule has 102 valence electrons. The zero-order valence-electron chi connectivity index (χ0n) is 11.3. The maximum atomic E-state index is 4.34. The van der Waals surface area contributed by atoms with Crippen molar-refractivity contribution in [3.05, 3.63) is 47.8 Å². The van der Waals surface area contributed by atoms with E-state index in [0.717, 1.165) is 26.4 Å². The Balaban J connectivity index is 1.73. The maximum Gasteiger partial charge on any atom is 0.174 e. The van der Waals surface area contributed by atoms with Crippen molar-refractivity contribution < 1.29 is 0 Å². The van der Waals surface area contributed by atoms with Crippen molar-refractivity contribution in [1.29, 1.82) is 0 Å². The third-order valence-electron chi connectivity index (χ3n) is 2.86. The Bertz CT molecular complexity index is 703. The third kappa shape index (κ3) is 2.91. The number of benzene rings is 1. The van der Waals surface area contributed by atoms with Gasteiger partial charge >= 0.3 is 0 Å². The van der Waals surface area contributed by atoms with E-state index in [1.807, 2.05) is 30.9 Å². The zero-order chi connectivity index (χ0) is 13.9. The van der Waals surface area contributed by atoms with Crippen molar-refractivity contribution in [2.75, 3.05) is 0 Å². The summed E-state index contributed by atoms with van der Waals surface area (Å²) in [4.78, 5) is 0. The van der Waals surface area contributed by atoms with Crippen LogP contribution in [0.1, 0.15) is 11.3 Å². The molecule has 0 spiro atoms. The zero-order valence-corrected chi connectivity index (χ0v) is 12.9. The molecule has 0 aliphatic heterocycles. The van der Waals surface area contributed by atoms with Crippen LogP contribution in [-0.4, -0.2) is 20.0 Å². The van der Waals surface area contributed by atoms with E-state index in [2.05, 4.69) is 39.6 Å². The van der Waals surface area contributed by atoms with E-state index in [1.54, 1.807) is 23.1 Å². The van der Waals surface area contributed by atoms with Crippen LogP contribution in [0.15, 0.2) is 40.9 Å². The maximum absolute atomic E-state index is 4.34. The first kappa shape index (κ1) is 13.3. The molecular formula is C14H14N4S2. The lowest BCUT2D eigenvalue weighted by Gasteiger charge is -1.96. The van der Waals surface area contributed by atoms with Gasteiger partial charge in [0.2, 0.25) is 0 Å². The minimum absolute atomic E-state index is 0.918. The molecule has 0 bridgehead atoms. The van der Waals surface area contributed by atoms with E-state index in [4.69, 9.17) is 0 Å². The molecule has 20 heavy (non-hydrogen) atoms. The lowest BCUT2D eigenvalue weighted by Crippen LogP contribution is -1.86. The molecule has 0 aliphatic carbocycles. The molecule has 0 atom stereocenters. The van der Waals surface area contributed by atoms with E-state index >= 15 is 0 Å². The topological polar surface area (TPSA) is 43.6 Å². The number of thioether (sulfide) groups is 1. The molecule has 0 fully saturated rings. The van der Waals surface area contributed by atoms with Gasteiger partial charge in [-0.2, -0.15) is 5.10 Å². The SMILES string of the molecule is Cc1nn(C)cc1-c1nnc(SCc2ccccc2)s1. The van der Waals surface area contributed by atoms with Gasteiger partial charge in [0.25, 0.3) is 0 Å². The summed E-state index contributed by atoms with van der Waals surface area (Å²) in [6, 6.07) is 10.4. The first-order valence-corrected chi connectivity index (χ1v) is 8.03. The number of hydrogen-bond donors (Lipinski definition) is 0. The van der Waals surface area contributed by atoms with Crippen LogP contribution in [0.5, 0.6) is 0 Å². The van der Waals surface area contributed by atoms with Crippen LogP contribution in [0.2, 0.25) is 0 Å². The van der Waals surface area contributed by atoms with Crippen molar-refractivity contribution >= 4 is 23.1 Å². The second-order valence-corrected chi connectivity index (χ2v) is 6.65. The van der Waals surface area contributed by atoms with Gasteiger partial charge in [-0.3, -0.25) is 4.68 Å². The molecule has 2 heterocycles. The molecule has 0 radical (unpaired) electrons. The van der Waals surface area contributed by atoms with E-state index in [0.29, 0.717) is 0 Å². The molecule has 0 unspecified atom stereocenters. The van der Waals surface area contributed by atoms with Gasteiger partial charge in [-0.1, -0.05) is 53.4 Å². The Labute approximate surface area is 125 Å². The Morgan fingerprint density at radius 1 is 1.20 bits per heavy atom.